The van der Waals surface area contributed by atoms with Crippen LogP contribution in [-0.2, 0) is 4.79 Å². The Kier molecular flexibility index (Phi) is 4.10. The number of amides is 1. The fourth-order valence-electron chi connectivity index (χ4n) is 2.03. The summed E-state index contributed by atoms with van der Waals surface area (Å²) in [6, 6.07) is 0.846. The lowest BCUT2D eigenvalue weighted by Gasteiger charge is -2.12. The number of carbonyl (C=O) groups is 2. The Hall–Kier alpha value is -2.35. The van der Waals surface area contributed by atoms with Crippen LogP contribution in [0.5, 0.6) is 0 Å². The molecule has 0 bridgehead atoms. The van der Waals surface area contributed by atoms with E-state index in [0.29, 0.717) is 28.0 Å². The van der Waals surface area contributed by atoms with Gasteiger partial charge in [0, 0.05) is 12.4 Å². The third-order valence-corrected chi connectivity index (χ3v) is 4.35. The van der Waals surface area contributed by atoms with Crippen LogP contribution in [0.25, 0.3) is 10.8 Å². The number of rotatable bonds is 6. The molecule has 1 fully saturated rings. The Bertz CT molecular complexity index is 684. The van der Waals surface area contributed by atoms with Gasteiger partial charge in [-0.15, -0.1) is 11.3 Å². The van der Waals surface area contributed by atoms with Gasteiger partial charge in [0.05, 0.1) is 6.20 Å². The highest BCUT2D eigenvalue weighted by molar-refractivity contribution is 7.16. The van der Waals surface area contributed by atoms with Crippen LogP contribution in [0.1, 0.15) is 28.9 Å². The lowest BCUT2D eigenvalue weighted by atomic mass is 10.1. The predicted octanol–water partition coefficient (Wildman–Crippen LogP) is 1.58. The zero-order chi connectivity index (χ0) is 15.5. The van der Waals surface area contributed by atoms with Crippen molar-refractivity contribution in [3.8, 4) is 10.8 Å². The summed E-state index contributed by atoms with van der Waals surface area (Å²) in [6.07, 6.45) is 7.17. The van der Waals surface area contributed by atoms with Gasteiger partial charge in [-0.05, 0) is 18.4 Å². The van der Waals surface area contributed by atoms with Gasteiger partial charge >= 0.3 is 5.97 Å². The normalized spacial score (nSPS) is 15.3. The van der Waals surface area contributed by atoms with Crippen molar-refractivity contribution in [1.82, 2.24) is 20.3 Å². The Morgan fingerprint density at radius 3 is 2.68 bits per heavy atom. The fourth-order valence-corrected chi connectivity index (χ4v) is 2.80. The number of aromatic nitrogens is 3. The topological polar surface area (TPSA) is 105 Å². The highest BCUT2D eigenvalue weighted by Gasteiger charge is 2.30. The molecule has 1 atom stereocenters. The summed E-state index contributed by atoms with van der Waals surface area (Å²) in [5.41, 5.74) is 0. The van der Waals surface area contributed by atoms with Crippen LogP contribution in [-0.4, -0.2) is 38.0 Å². The standard InChI is InChI=1S/C14H14N4O3S/c19-12(18-9(14(20)21)6-8-2-3-8)10-7-17-13(22-10)11-15-4-1-5-16-11/h1,4-5,7-9H,2-3,6H2,(H,18,19)(H,20,21). The SMILES string of the molecule is O=C(NC(CC1CC1)C(=O)O)c1cnc(-c2ncccn2)s1. The van der Waals surface area contributed by atoms with E-state index in [1.165, 1.54) is 6.20 Å². The molecule has 2 heterocycles. The van der Waals surface area contributed by atoms with Crippen molar-refractivity contribution < 1.29 is 14.7 Å². The molecule has 1 aliphatic carbocycles. The van der Waals surface area contributed by atoms with Crippen molar-refractivity contribution in [3.05, 3.63) is 29.5 Å². The van der Waals surface area contributed by atoms with E-state index in [9.17, 15) is 14.7 Å². The first-order chi connectivity index (χ1) is 10.6. The van der Waals surface area contributed by atoms with Gasteiger partial charge in [0.2, 0.25) is 0 Å². The van der Waals surface area contributed by atoms with E-state index in [4.69, 9.17) is 0 Å². The second kappa shape index (κ2) is 6.18. The predicted molar refractivity (Wildman–Crippen MR) is 79.4 cm³/mol. The van der Waals surface area contributed by atoms with E-state index >= 15 is 0 Å². The van der Waals surface area contributed by atoms with Crippen molar-refractivity contribution in [1.29, 1.82) is 0 Å². The number of hydrogen-bond donors (Lipinski definition) is 2. The van der Waals surface area contributed by atoms with Gasteiger partial charge in [-0.1, -0.05) is 12.8 Å². The largest absolute Gasteiger partial charge is 0.480 e. The summed E-state index contributed by atoms with van der Waals surface area (Å²) >= 11 is 1.14. The first kappa shape index (κ1) is 14.6. The maximum Gasteiger partial charge on any atom is 0.326 e. The van der Waals surface area contributed by atoms with Gasteiger partial charge in [0.15, 0.2) is 10.8 Å². The lowest BCUT2D eigenvalue weighted by Crippen LogP contribution is -2.40. The minimum absolute atomic E-state index is 0.351. The molecule has 22 heavy (non-hydrogen) atoms. The molecule has 1 saturated carbocycles. The lowest BCUT2D eigenvalue weighted by molar-refractivity contribution is -0.139. The number of aliphatic carboxylic acids is 1. The molecule has 1 amide bonds. The Morgan fingerprint density at radius 1 is 1.32 bits per heavy atom. The van der Waals surface area contributed by atoms with Crippen LogP contribution < -0.4 is 5.32 Å². The van der Waals surface area contributed by atoms with Gasteiger partial charge in [-0.3, -0.25) is 4.79 Å². The molecule has 114 valence electrons. The molecule has 0 radical (unpaired) electrons. The van der Waals surface area contributed by atoms with Crippen molar-refractivity contribution in [2.75, 3.05) is 0 Å². The van der Waals surface area contributed by atoms with Crippen LogP contribution in [0.2, 0.25) is 0 Å². The first-order valence-corrected chi connectivity index (χ1v) is 7.72. The molecular weight excluding hydrogens is 304 g/mol. The summed E-state index contributed by atoms with van der Waals surface area (Å²) in [7, 11) is 0. The van der Waals surface area contributed by atoms with Crippen molar-refractivity contribution in [3.63, 3.8) is 0 Å². The second-order valence-corrected chi connectivity index (χ2v) is 6.18. The minimum atomic E-state index is -1.00. The van der Waals surface area contributed by atoms with Gasteiger partial charge in [0.25, 0.3) is 5.91 Å². The van der Waals surface area contributed by atoms with E-state index in [-0.39, 0.29) is 0 Å². The summed E-state index contributed by atoms with van der Waals surface area (Å²) < 4.78 is 0. The molecule has 0 saturated heterocycles. The molecule has 8 heteroatoms. The fraction of sp³-hybridized carbons (Fsp3) is 0.357. The number of nitrogens with zero attached hydrogens (tertiary/aromatic N) is 3. The van der Waals surface area contributed by atoms with E-state index < -0.39 is 17.9 Å². The molecule has 1 unspecified atom stereocenters. The smallest absolute Gasteiger partial charge is 0.326 e. The Balaban J connectivity index is 1.69. The van der Waals surface area contributed by atoms with Crippen LogP contribution in [0.4, 0.5) is 0 Å². The highest BCUT2D eigenvalue weighted by atomic mass is 32.1. The maximum absolute atomic E-state index is 12.2. The molecule has 2 aromatic rings. The van der Waals surface area contributed by atoms with E-state index in [0.717, 1.165) is 24.2 Å². The van der Waals surface area contributed by atoms with E-state index in [1.807, 2.05) is 0 Å². The third kappa shape index (κ3) is 3.45. The van der Waals surface area contributed by atoms with Crippen molar-refractivity contribution in [2.45, 2.75) is 25.3 Å². The number of carboxylic acid groups (broad SMARTS) is 1. The zero-order valence-corrected chi connectivity index (χ0v) is 12.4. The quantitative estimate of drug-likeness (QED) is 0.838. The van der Waals surface area contributed by atoms with Crippen LogP contribution in [0.3, 0.4) is 0 Å². The molecule has 0 aromatic carbocycles. The first-order valence-electron chi connectivity index (χ1n) is 6.90. The third-order valence-electron chi connectivity index (χ3n) is 3.36. The van der Waals surface area contributed by atoms with Crippen molar-refractivity contribution in [2.24, 2.45) is 5.92 Å². The number of carboxylic acids is 1. The average Bonchev–Trinajstić information content (AvgIpc) is 3.20. The Morgan fingerprint density at radius 2 is 2.05 bits per heavy atom. The molecule has 0 spiro atoms. The summed E-state index contributed by atoms with van der Waals surface area (Å²) in [4.78, 5) is 36.0. The summed E-state index contributed by atoms with van der Waals surface area (Å²) in [6.45, 7) is 0. The number of carbonyl (C=O) groups excluding carboxylic acids is 1. The van der Waals surface area contributed by atoms with Gasteiger partial charge in [-0.25, -0.2) is 19.7 Å². The molecule has 1 aliphatic rings. The Labute approximate surface area is 130 Å². The number of nitrogens with one attached hydrogen (secondary N) is 1. The molecule has 0 aliphatic heterocycles. The summed E-state index contributed by atoms with van der Waals surface area (Å²) in [5, 5.41) is 12.3. The maximum atomic E-state index is 12.2. The highest BCUT2D eigenvalue weighted by Crippen LogP contribution is 2.33. The average molecular weight is 318 g/mol. The molecular formula is C14H14N4O3S. The van der Waals surface area contributed by atoms with E-state index in [1.54, 1.807) is 18.5 Å². The van der Waals surface area contributed by atoms with E-state index in [2.05, 4.69) is 20.3 Å². The van der Waals surface area contributed by atoms with Crippen LogP contribution in [0.15, 0.2) is 24.7 Å². The molecule has 3 rings (SSSR count). The van der Waals surface area contributed by atoms with Gasteiger partial charge < -0.3 is 10.4 Å². The number of hydrogen-bond acceptors (Lipinski definition) is 6. The van der Waals surface area contributed by atoms with Gasteiger partial charge in [0.1, 0.15) is 10.9 Å². The van der Waals surface area contributed by atoms with Crippen molar-refractivity contribution >= 4 is 23.2 Å². The van der Waals surface area contributed by atoms with Crippen LogP contribution >= 0.6 is 11.3 Å². The minimum Gasteiger partial charge on any atom is -0.480 e. The van der Waals surface area contributed by atoms with Crippen LogP contribution in [0, 0.1) is 5.92 Å². The summed E-state index contributed by atoms with van der Waals surface area (Å²) in [5.74, 6) is -0.570. The monoisotopic (exact) mass is 318 g/mol. The molecule has 2 aromatic heterocycles. The molecule has 2 N–H and O–H groups in total. The van der Waals surface area contributed by atoms with Gasteiger partial charge in [-0.2, -0.15) is 0 Å². The second-order valence-electron chi connectivity index (χ2n) is 5.15. The zero-order valence-electron chi connectivity index (χ0n) is 11.6. The number of thiazole rings is 1. The molecule has 7 nitrogen and oxygen atoms in total.